The summed E-state index contributed by atoms with van der Waals surface area (Å²) in [6.45, 7) is 0. The van der Waals surface area contributed by atoms with Crippen molar-refractivity contribution in [2.24, 2.45) is 4.99 Å². The summed E-state index contributed by atoms with van der Waals surface area (Å²) >= 11 is 0. The molecule has 0 unspecified atom stereocenters. The minimum Gasteiger partial charge on any atom is -0.271 e. The summed E-state index contributed by atoms with van der Waals surface area (Å²) in [7, 11) is 0. The minimum atomic E-state index is -0.573. The van der Waals surface area contributed by atoms with Crippen molar-refractivity contribution < 1.29 is 9.59 Å². The number of carbonyl (C=O) groups excluding carboxylic acids is 2. The lowest BCUT2D eigenvalue weighted by Crippen LogP contribution is -2.26. The number of imide groups is 1. The van der Waals surface area contributed by atoms with E-state index in [0.29, 0.717) is 6.42 Å². The molecule has 0 radical (unpaired) electrons. The Labute approximate surface area is 103 Å². The van der Waals surface area contributed by atoms with Crippen molar-refractivity contribution in [3.05, 3.63) is 48.0 Å². The number of amides is 3. The van der Waals surface area contributed by atoms with Gasteiger partial charge in [0.05, 0.1) is 0 Å². The van der Waals surface area contributed by atoms with Crippen molar-refractivity contribution in [1.82, 2.24) is 5.32 Å². The number of hydrogen-bond acceptors (Lipinski definition) is 2. The van der Waals surface area contributed by atoms with Gasteiger partial charge in [0.25, 0.3) is 5.91 Å². The van der Waals surface area contributed by atoms with Crippen LogP contribution in [0, 0.1) is 0 Å². The summed E-state index contributed by atoms with van der Waals surface area (Å²) in [5.41, 5.74) is 1.24. The van der Waals surface area contributed by atoms with Gasteiger partial charge in [0, 0.05) is 6.42 Å². The Morgan fingerprint density at radius 3 is 2.50 bits per heavy atom. The summed E-state index contributed by atoms with van der Waals surface area (Å²) < 4.78 is 0. The lowest BCUT2D eigenvalue weighted by molar-refractivity contribution is -0.113. The second-order valence-corrected chi connectivity index (χ2v) is 4.18. The summed E-state index contributed by atoms with van der Waals surface area (Å²) in [6, 6.07) is 13.4. The highest BCUT2D eigenvalue weighted by molar-refractivity contribution is 6.46. The number of nitrogens with zero attached hydrogens (tertiary/aromatic N) is 1. The van der Waals surface area contributed by atoms with Crippen molar-refractivity contribution in [2.45, 2.75) is 6.42 Å². The number of benzene rings is 2. The first-order chi connectivity index (χ1) is 8.72. The van der Waals surface area contributed by atoms with Gasteiger partial charge >= 0.3 is 6.03 Å². The Bertz CT molecular complexity index is 689. The van der Waals surface area contributed by atoms with Crippen LogP contribution in [0.4, 0.5) is 4.79 Å². The normalized spacial score (nSPS) is 14.8. The molecule has 0 spiro atoms. The summed E-state index contributed by atoms with van der Waals surface area (Å²) in [5.74, 6) is -0.395. The van der Waals surface area contributed by atoms with Gasteiger partial charge in [-0.15, -0.1) is 0 Å². The number of aliphatic imine (C=N–C) groups is 1. The topological polar surface area (TPSA) is 58.5 Å². The maximum atomic E-state index is 11.4. The highest BCUT2D eigenvalue weighted by Gasteiger charge is 2.22. The quantitative estimate of drug-likeness (QED) is 0.870. The first-order valence-electron chi connectivity index (χ1n) is 5.63. The third kappa shape index (κ3) is 1.88. The third-order valence-electron chi connectivity index (χ3n) is 2.90. The summed E-state index contributed by atoms with van der Waals surface area (Å²) in [5, 5.41) is 4.40. The molecule has 1 heterocycles. The SMILES string of the molecule is O=C1N=C(Cc2ccc3ccccc3c2)C(=O)N1. The van der Waals surface area contributed by atoms with Crippen LogP contribution in [0.25, 0.3) is 10.8 Å². The molecule has 0 atom stereocenters. The van der Waals surface area contributed by atoms with Crippen molar-refractivity contribution in [2.75, 3.05) is 0 Å². The number of fused-ring (bicyclic) bond motifs is 1. The Morgan fingerprint density at radius 2 is 1.78 bits per heavy atom. The first kappa shape index (κ1) is 10.7. The molecule has 0 saturated heterocycles. The number of hydrogen-bond donors (Lipinski definition) is 1. The molecule has 3 rings (SSSR count). The predicted octanol–water partition coefficient (Wildman–Crippen LogP) is 2.07. The molecule has 2 aromatic rings. The van der Waals surface area contributed by atoms with E-state index in [2.05, 4.69) is 10.3 Å². The van der Waals surface area contributed by atoms with E-state index in [1.165, 1.54) is 0 Å². The second-order valence-electron chi connectivity index (χ2n) is 4.18. The van der Waals surface area contributed by atoms with E-state index in [1.807, 2.05) is 42.5 Å². The molecule has 0 aliphatic carbocycles. The fraction of sp³-hybridized carbons (Fsp3) is 0.0714. The van der Waals surface area contributed by atoms with Gasteiger partial charge in [0.15, 0.2) is 0 Å². The molecule has 3 amide bonds. The van der Waals surface area contributed by atoms with Crippen LogP contribution in [0.3, 0.4) is 0 Å². The molecular formula is C14H10N2O2. The molecule has 0 saturated carbocycles. The average Bonchev–Trinajstić information content (AvgIpc) is 2.68. The molecule has 0 aromatic heterocycles. The van der Waals surface area contributed by atoms with Crippen LogP contribution < -0.4 is 5.32 Å². The summed E-state index contributed by atoms with van der Waals surface area (Å²) in [6.07, 6.45) is 0.377. The standard InChI is InChI=1S/C14H10N2O2/c17-13-12(15-14(18)16-13)8-9-5-6-10-3-1-2-4-11(10)7-9/h1-7H,8H2,(H,16,17,18). The maximum Gasteiger partial charge on any atom is 0.348 e. The molecule has 0 fully saturated rings. The zero-order valence-corrected chi connectivity index (χ0v) is 9.51. The van der Waals surface area contributed by atoms with Gasteiger partial charge in [-0.1, -0.05) is 42.5 Å². The number of rotatable bonds is 2. The Morgan fingerprint density at radius 1 is 1.00 bits per heavy atom. The molecule has 1 N–H and O–H groups in total. The number of carbonyl (C=O) groups is 2. The van der Waals surface area contributed by atoms with E-state index in [0.717, 1.165) is 16.3 Å². The van der Waals surface area contributed by atoms with Gasteiger partial charge in [0.1, 0.15) is 5.71 Å². The Kier molecular flexibility index (Phi) is 2.41. The van der Waals surface area contributed by atoms with E-state index in [9.17, 15) is 9.59 Å². The highest BCUT2D eigenvalue weighted by Crippen LogP contribution is 2.16. The van der Waals surface area contributed by atoms with Gasteiger partial charge in [0.2, 0.25) is 0 Å². The van der Waals surface area contributed by atoms with Crippen LogP contribution in [0.2, 0.25) is 0 Å². The van der Waals surface area contributed by atoms with Crippen LogP contribution in [-0.4, -0.2) is 17.6 Å². The van der Waals surface area contributed by atoms with Crippen LogP contribution in [0.5, 0.6) is 0 Å². The van der Waals surface area contributed by atoms with Crippen LogP contribution in [0.15, 0.2) is 47.5 Å². The fourth-order valence-electron chi connectivity index (χ4n) is 2.03. The second kappa shape index (κ2) is 4.07. The van der Waals surface area contributed by atoms with Gasteiger partial charge in [-0.05, 0) is 16.3 Å². The van der Waals surface area contributed by atoms with Crippen molar-refractivity contribution >= 4 is 28.4 Å². The van der Waals surface area contributed by atoms with Crippen molar-refractivity contribution in [3.8, 4) is 0 Å². The zero-order chi connectivity index (χ0) is 12.5. The molecular weight excluding hydrogens is 228 g/mol. The smallest absolute Gasteiger partial charge is 0.271 e. The van der Waals surface area contributed by atoms with Gasteiger partial charge in [-0.2, -0.15) is 4.99 Å². The van der Waals surface area contributed by atoms with Crippen molar-refractivity contribution in [1.29, 1.82) is 0 Å². The fourth-order valence-corrected chi connectivity index (χ4v) is 2.03. The molecule has 0 bridgehead atoms. The minimum absolute atomic E-state index is 0.273. The van der Waals surface area contributed by atoms with Gasteiger partial charge in [-0.3, -0.25) is 10.1 Å². The maximum absolute atomic E-state index is 11.4. The number of nitrogens with one attached hydrogen (secondary N) is 1. The Balaban J connectivity index is 1.94. The highest BCUT2D eigenvalue weighted by atomic mass is 16.2. The lowest BCUT2D eigenvalue weighted by atomic mass is 10.0. The lowest BCUT2D eigenvalue weighted by Gasteiger charge is -2.02. The summed E-state index contributed by atoms with van der Waals surface area (Å²) in [4.78, 5) is 26.0. The Hall–Kier alpha value is -2.49. The van der Waals surface area contributed by atoms with E-state index < -0.39 is 11.9 Å². The molecule has 4 nitrogen and oxygen atoms in total. The van der Waals surface area contributed by atoms with Crippen LogP contribution in [0.1, 0.15) is 5.56 Å². The molecule has 4 heteroatoms. The molecule has 88 valence electrons. The van der Waals surface area contributed by atoms with Crippen LogP contribution >= 0.6 is 0 Å². The largest absolute Gasteiger partial charge is 0.348 e. The molecule has 1 aliphatic rings. The molecule has 18 heavy (non-hydrogen) atoms. The van der Waals surface area contributed by atoms with E-state index in [1.54, 1.807) is 0 Å². The monoisotopic (exact) mass is 238 g/mol. The number of urea groups is 1. The van der Waals surface area contributed by atoms with Crippen molar-refractivity contribution in [3.63, 3.8) is 0 Å². The first-order valence-corrected chi connectivity index (χ1v) is 5.63. The zero-order valence-electron chi connectivity index (χ0n) is 9.51. The van der Waals surface area contributed by atoms with E-state index >= 15 is 0 Å². The predicted molar refractivity (Wildman–Crippen MR) is 68.6 cm³/mol. The molecule has 2 aromatic carbocycles. The third-order valence-corrected chi connectivity index (χ3v) is 2.90. The average molecular weight is 238 g/mol. The van der Waals surface area contributed by atoms with Gasteiger partial charge < -0.3 is 0 Å². The van der Waals surface area contributed by atoms with Crippen LogP contribution in [-0.2, 0) is 11.2 Å². The molecule has 1 aliphatic heterocycles. The van der Waals surface area contributed by atoms with E-state index in [-0.39, 0.29) is 5.71 Å². The van der Waals surface area contributed by atoms with Gasteiger partial charge in [-0.25, -0.2) is 4.79 Å². The van der Waals surface area contributed by atoms with E-state index in [4.69, 9.17) is 0 Å².